The predicted octanol–water partition coefficient (Wildman–Crippen LogP) is 4.11. The van der Waals surface area contributed by atoms with Crippen LogP contribution in [0.5, 0.6) is 0 Å². The first kappa shape index (κ1) is 22.9. The number of hydrogen-bond donors (Lipinski definition) is 0. The largest absolute Gasteiger partial charge is 0.444 e. The summed E-state index contributed by atoms with van der Waals surface area (Å²) >= 11 is 0. The molecule has 1 atom stereocenters. The van der Waals surface area contributed by atoms with Gasteiger partial charge in [0.2, 0.25) is 0 Å². The van der Waals surface area contributed by atoms with Gasteiger partial charge in [0, 0.05) is 26.2 Å². The Morgan fingerprint density at radius 3 is 2.33 bits per heavy atom. The summed E-state index contributed by atoms with van der Waals surface area (Å²) in [5, 5.41) is 8.65. The van der Waals surface area contributed by atoms with E-state index < -0.39 is 5.60 Å². The van der Waals surface area contributed by atoms with Crippen molar-refractivity contribution in [3.05, 3.63) is 83.7 Å². The summed E-state index contributed by atoms with van der Waals surface area (Å²) in [6, 6.07) is 16.4. The molecule has 33 heavy (non-hydrogen) atoms. The minimum atomic E-state index is -0.529. The number of piperazine rings is 1. The zero-order valence-electron chi connectivity index (χ0n) is 19.3. The molecular weight excluding hydrogens is 421 g/mol. The van der Waals surface area contributed by atoms with Crippen LogP contribution in [0.4, 0.5) is 9.18 Å². The van der Waals surface area contributed by atoms with Crippen molar-refractivity contribution in [1.29, 1.82) is 0 Å². The summed E-state index contributed by atoms with van der Waals surface area (Å²) in [5.74, 6) is 0.508. The molecule has 0 bridgehead atoms. The molecule has 0 radical (unpaired) electrons. The number of aromatic nitrogens is 3. The molecule has 0 N–H and O–H groups in total. The first-order chi connectivity index (χ1) is 15.8. The average molecular weight is 452 g/mol. The summed E-state index contributed by atoms with van der Waals surface area (Å²) in [5.41, 5.74) is 1.55. The van der Waals surface area contributed by atoms with Crippen molar-refractivity contribution in [3.63, 3.8) is 0 Å². The number of amides is 1. The number of benzene rings is 2. The first-order valence-corrected chi connectivity index (χ1v) is 11.2. The summed E-state index contributed by atoms with van der Waals surface area (Å²) in [4.78, 5) is 16.5. The van der Waals surface area contributed by atoms with Gasteiger partial charge < -0.3 is 14.2 Å². The Morgan fingerprint density at radius 2 is 1.70 bits per heavy atom. The van der Waals surface area contributed by atoms with Crippen molar-refractivity contribution in [1.82, 2.24) is 24.6 Å². The van der Waals surface area contributed by atoms with Crippen LogP contribution in [-0.2, 0) is 11.3 Å². The highest BCUT2D eigenvalue weighted by Crippen LogP contribution is 2.29. The Balaban J connectivity index is 1.57. The molecule has 174 valence electrons. The van der Waals surface area contributed by atoms with Crippen molar-refractivity contribution in [2.24, 2.45) is 0 Å². The van der Waals surface area contributed by atoms with Gasteiger partial charge in [-0.1, -0.05) is 42.5 Å². The van der Waals surface area contributed by atoms with Gasteiger partial charge in [-0.25, -0.2) is 9.18 Å². The van der Waals surface area contributed by atoms with Crippen LogP contribution < -0.4 is 0 Å². The van der Waals surface area contributed by atoms with E-state index in [-0.39, 0.29) is 18.0 Å². The number of nitrogens with zero attached hydrogens (tertiary/aromatic N) is 5. The van der Waals surface area contributed by atoms with E-state index in [1.165, 1.54) is 12.1 Å². The third kappa shape index (κ3) is 5.76. The van der Waals surface area contributed by atoms with E-state index >= 15 is 0 Å². The number of hydrogen-bond acceptors (Lipinski definition) is 5. The number of carbonyl (C=O) groups is 1. The highest BCUT2D eigenvalue weighted by Gasteiger charge is 2.32. The lowest BCUT2D eigenvalue weighted by Gasteiger charge is -2.39. The Bertz CT molecular complexity index is 1050. The lowest BCUT2D eigenvalue weighted by atomic mass is 10.0. The molecule has 4 rings (SSSR count). The monoisotopic (exact) mass is 451 g/mol. The van der Waals surface area contributed by atoms with Gasteiger partial charge in [-0.3, -0.25) is 4.90 Å². The SMILES string of the molecule is CC(C)(C)OC(=O)N1CCN(C(c2ccc(F)cc2)c2nncn2Cc2ccccc2)CC1. The minimum absolute atomic E-state index is 0.211. The van der Waals surface area contributed by atoms with Gasteiger partial charge in [-0.05, 0) is 44.0 Å². The summed E-state index contributed by atoms with van der Waals surface area (Å²) in [7, 11) is 0. The van der Waals surface area contributed by atoms with E-state index in [9.17, 15) is 9.18 Å². The molecule has 1 aromatic heterocycles. The Labute approximate surface area is 193 Å². The van der Waals surface area contributed by atoms with Crippen molar-refractivity contribution in [2.45, 2.75) is 39.0 Å². The van der Waals surface area contributed by atoms with E-state index in [4.69, 9.17) is 4.74 Å². The Morgan fingerprint density at radius 1 is 1.03 bits per heavy atom. The van der Waals surface area contributed by atoms with Crippen LogP contribution >= 0.6 is 0 Å². The smallest absolute Gasteiger partial charge is 0.410 e. The van der Waals surface area contributed by atoms with E-state index in [1.807, 2.05) is 43.5 Å². The topological polar surface area (TPSA) is 63.5 Å². The van der Waals surface area contributed by atoms with E-state index in [0.29, 0.717) is 32.7 Å². The molecule has 2 heterocycles. The van der Waals surface area contributed by atoms with Gasteiger partial charge in [0.05, 0.1) is 12.6 Å². The Hall–Kier alpha value is -3.26. The quantitative estimate of drug-likeness (QED) is 0.584. The van der Waals surface area contributed by atoms with Crippen LogP contribution in [0.3, 0.4) is 0 Å². The predicted molar refractivity (Wildman–Crippen MR) is 123 cm³/mol. The number of carbonyl (C=O) groups excluding carboxylic acids is 1. The third-order valence-corrected chi connectivity index (χ3v) is 5.60. The lowest BCUT2D eigenvalue weighted by molar-refractivity contribution is 0.0115. The van der Waals surface area contributed by atoms with Crippen LogP contribution in [0, 0.1) is 5.82 Å². The fraction of sp³-hybridized carbons (Fsp3) is 0.400. The van der Waals surface area contributed by atoms with Crippen molar-refractivity contribution in [2.75, 3.05) is 26.2 Å². The zero-order chi connectivity index (χ0) is 23.4. The molecule has 1 saturated heterocycles. The second-order valence-corrected chi connectivity index (χ2v) is 9.26. The Kier molecular flexibility index (Phi) is 6.74. The van der Waals surface area contributed by atoms with Crippen LogP contribution in [0.25, 0.3) is 0 Å². The standard InChI is InChI=1S/C25H30FN5O2/c1-25(2,3)33-24(32)30-15-13-29(14-16-30)22(20-9-11-21(26)12-10-20)23-28-27-18-31(23)17-19-7-5-4-6-8-19/h4-12,18,22H,13-17H2,1-3H3. The van der Waals surface area contributed by atoms with Gasteiger partial charge in [0.25, 0.3) is 0 Å². The fourth-order valence-corrected chi connectivity index (χ4v) is 4.04. The average Bonchev–Trinajstić information content (AvgIpc) is 3.23. The molecule has 1 aliphatic rings. The summed E-state index contributed by atoms with van der Waals surface area (Å²) < 4.78 is 21.2. The highest BCUT2D eigenvalue weighted by molar-refractivity contribution is 5.68. The molecule has 3 aromatic rings. The minimum Gasteiger partial charge on any atom is -0.444 e. The van der Waals surface area contributed by atoms with E-state index in [2.05, 4.69) is 27.2 Å². The van der Waals surface area contributed by atoms with Gasteiger partial charge in [-0.15, -0.1) is 10.2 Å². The number of rotatable bonds is 5. The van der Waals surface area contributed by atoms with Crippen molar-refractivity contribution < 1.29 is 13.9 Å². The number of halogens is 1. The van der Waals surface area contributed by atoms with Gasteiger partial charge in [-0.2, -0.15) is 0 Å². The van der Waals surface area contributed by atoms with Crippen molar-refractivity contribution in [3.8, 4) is 0 Å². The van der Waals surface area contributed by atoms with Crippen LogP contribution in [-0.4, -0.2) is 62.4 Å². The molecular formula is C25H30FN5O2. The molecule has 0 aliphatic carbocycles. The molecule has 0 spiro atoms. The fourth-order valence-electron chi connectivity index (χ4n) is 4.04. The highest BCUT2D eigenvalue weighted by atomic mass is 19.1. The third-order valence-electron chi connectivity index (χ3n) is 5.60. The number of ether oxygens (including phenoxy) is 1. The van der Waals surface area contributed by atoms with E-state index in [0.717, 1.165) is 17.0 Å². The molecule has 8 heteroatoms. The molecule has 2 aromatic carbocycles. The summed E-state index contributed by atoms with van der Waals surface area (Å²) in [6.45, 7) is 8.60. The van der Waals surface area contributed by atoms with Gasteiger partial charge in [0.15, 0.2) is 5.82 Å². The normalized spacial score (nSPS) is 15.9. The molecule has 1 aliphatic heterocycles. The van der Waals surface area contributed by atoms with Crippen LogP contribution in [0.15, 0.2) is 60.9 Å². The molecule has 1 fully saturated rings. The maximum absolute atomic E-state index is 13.7. The second-order valence-electron chi connectivity index (χ2n) is 9.26. The van der Waals surface area contributed by atoms with E-state index in [1.54, 1.807) is 23.4 Å². The van der Waals surface area contributed by atoms with Gasteiger partial charge in [0.1, 0.15) is 17.7 Å². The second kappa shape index (κ2) is 9.70. The maximum atomic E-state index is 13.7. The van der Waals surface area contributed by atoms with Crippen LogP contribution in [0.2, 0.25) is 0 Å². The van der Waals surface area contributed by atoms with Gasteiger partial charge >= 0.3 is 6.09 Å². The molecule has 0 saturated carbocycles. The van der Waals surface area contributed by atoms with Crippen molar-refractivity contribution >= 4 is 6.09 Å². The molecule has 7 nitrogen and oxygen atoms in total. The first-order valence-electron chi connectivity index (χ1n) is 11.2. The lowest BCUT2D eigenvalue weighted by Crippen LogP contribution is -2.51. The van der Waals surface area contributed by atoms with Crippen LogP contribution in [0.1, 0.15) is 43.8 Å². The maximum Gasteiger partial charge on any atom is 0.410 e. The summed E-state index contributed by atoms with van der Waals surface area (Å²) in [6.07, 6.45) is 1.43. The zero-order valence-corrected chi connectivity index (χ0v) is 19.3. The molecule has 1 amide bonds. The molecule has 1 unspecified atom stereocenters.